The maximum absolute atomic E-state index is 7.20. The molecule has 0 amide bonds. The normalized spacial score (nSPS) is 23.8. The van der Waals surface area contributed by atoms with Crippen molar-refractivity contribution >= 4 is 33.0 Å². The smallest absolute Gasteiger partial charge is 0.225 e. The minimum Gasteiger partial charge on any atom is -0.379 e. The van der Waals surface area contributed by atoms with E-state index in [1.165, 1.54) is 11.1 Å². The lowest BCUT2D eigenvalue weighted by Gasteiger charge is -2.51. The summed E-state index contributed by atoms with van der Waals surface area (Å²) in [5.74, 6) is -1.16. The zero-order valence-electron chi connectivity index (χ0n) is 29.8. The summed E-state index contributed by atoms with van der Waals surface area (Å²) in [5.41, 5.74) is 5.83. The van der Waals surface area contributed by atoms with Gasteiger partial charge in [-0.2, -0.15) is 0 Å². The number of ether oxygens (including phenoxy) is 6. The van der Waals surface area contributed by atoms with Crippen LogP contribution in [0.25, 0.3) is 10.1 Å². The standard InChI is InChI=1S/C40H57ClO6S/c1-6-11-19-42-27-34-36(43-20-12-7-2)37(44-21-13-8-3)38(45-22-14-9-4)40(47-34)33-25-31-32(23-29-17-15-28(10-5)16-18-29)39(41)48-35(31)24-30(33)26-46-40/h15-18,24-25,34,36-38H,6-14,19-23,26-27H2,1-5H3/t34-,36-,37+,38-,40+/m1/s1. The van der Waals surface area contributed by atoms with Crippen LogP contribution in [0.3, 0.4) is 0 Å². The molecule has 0 radical (unpaired) electrons. The molecule has 2 aromatic carbocycles. The van der Waals surface area contributed by atoms with Crippen LogP contribution in [0, 0.1) is 0 Å². The van der Waals surface area contributed by atoms with Gasteiger partial charge in [-0.1, -0.05) is 96.2 Å². The van der Waals surface area contributed by atoms with Gasteiger partial charge in [0.1, 0.15) is 24.4 Å². The fraction of sp³-hybridized carbons (Fsp3) is 0.650. The first-order valence-corrected chi connectivity index (χ1v) is 19.7. The molecular formula is C40H57ClO6S. The van der Waals surface area contributed by atoms with Crippen LogP contribution in [0.4, 0.5) is 0 Å². The van der Waals surface area contributed by atoms with E-state index in [1.54, 1.807) is 11.3 Å². The van der Waals surface area contributed by atoms with Crippen LogP contribution >= 0.6 is 22.9 Å². The Morgan fingerprint density at radius 1 is 0.792 bits per heavy atom. The molecule has 0 aliphatic carbocycles. The van der Waals surface area contributed by atoms with Gasteiger partial charge in [-0.15, -0.1) is 11.3 Å². The Bertz CT molecular complexity index is 1410. The second-order valence-electron chi connectivity index (χ2n) is 13.3. The Balaban J connectivity index is 1.58. The van der Waals surface area contributed by atoms with Crippen molar-refractivity contribution in [1.29, 1.82) is 0 Å². The summed E-state index contributed by atoms with van der Waals surface area (Å²) in [6.45, 7) is 14.3. The fourth-order valence-corrected chi connectivity index (χ4v) is 8.12. The van der Waals surface area contributed by atoms with Crippen LogP contribution in [0.1, 0.15) is 114 Å². The van der Waals surface area contributed by atoms with E-state index >= 15 is 0 Å². The molecule has 5 rings (SSSR count). The highest BCUT2D eigenvalue weighted by Crippen LogP contribution is 2.51. The first kappa shape index (κ1) is 37.7. The largest absolute Gasteiger partial charge is 0.379 e. The number of thiophene rings is 1. The van der Waals surface area contributed by atoms with E-state index in [9.17, 15) is 0 Å². The zero-order chi connectivity index (χ0) is 33.9. The second-order valence-corrected chi connectivity index (χ2v) is 14.9. The summed E-state index contributed by atoms with van der Waals surface area (Å²) >= 11 is 8.63. The molecule has 3 aromatic rings. The SMILES string of the molecule is CCCCOC[C@H]1O[C@]2(OCc3cc4sc(Cl)c(Cc5ccc(CC)cc5)c4cc32)[C@H](OCCCC)[C@@H](OCCCC)[C@@H]1OCCCC. The number of aryl methyl sites for hydroxylation is 1. The van der Waals surface area contributed by atoms with Crippen molar-refractivity contribution < 1.29 is 28.4 Å². The van der Waals surface area contributed by atoms with Gasteiger partial charge in [0.05, 0.1) is 17.6 Å². The maximum atomic E-state index is 7.20. The number of halogens is 1. The third-order valence-corrected chi connectivity index (χ3v) is 11.1. The van der Waals surface area contributed by atoms with Gasteiger partial charge in [-0.3, -0.25) is 0 Å². The molecule has 0 unspecified atom stereocenters. The van der Waals surface area contributed by atoms with E-state index in [0.29, 0.717) is 39.6 Å². The highest BCUT2D eigenvalue weighted by atomic mass is 35.5. The molecule has 0 N–H and O–H groups in total. The number of unbranched alkanes of at least 4 members (excludes halogenated alkanes) is 4. The number of fused-ring (bicyclic) bond motifs is 3. The molecule has 0 bridgehead atoms. The van der Waals surface area contributed by atoms with Crippen LogP contribution in [0.15, 0.2) is 36.4 Å². The van der Waals surface area contributed by atoms with Gasteiger partial charge in [-0.05, 0) is 71.9 Å². The molecule has 5 atom stereocenters. The monoisotopic (exact) mass is 700 g/mol. The summed E-state index contributed by atoms with van der Waals surface area (Å²) in [6.07, 6.45) is 8.20. The Hall–Kier alpha value is -1.55. The van der Waals surface area contributed by atoms with Gasteiger partial charge in [-0.25, -0.2) is 0 Å². The average Bonchev–Trinajstić information content (AvgIpc) is 3.60. The van der Waals surface area contributed by atoms with Crippen LogP contribution < -0.4 is 0 Å². The molecule has 1 aromatic heterocycles. The molecule has 48 heavy (non-hydrogen) atoms. The van der Waals surface area contributed by atoms with E-state index in [0.717, 1.165) is 95.3 Å². The van der Waals surface area contributed by atoms with Crippen molar-refractivity contribution in [3.63, 3.8) is 0 Å². The minimum absolute atomic E-state index is 0.346. The van der Waals surface area contributed by atoms with E-state index in [-0.39, 0.29) is 18.3 Å². The molecule has 6 nitrogen and oxygen atoms in total. The predicted molar refractivity (Wildman–Crippen MR) is 196 cm³/mol. The molecule has 2 aliphatic rings. The third-order valence-electron chi connectivity index (χ3n) is 9.62. The van der Waals surface area contributed by atoms with Gasteiger partial charge in [0.15, 0.2) is 0 Å². The van der Waals surface area contributed by atoms with Crippen molar-refractivity contribution in [2.45, 2.75) is 136 Å². The number of rotatable bonds is 20. The number of hydrogen-bond acceptors (Lipinski definition) is 7. The van der Waals surface area contributed by atoms with Crippen LogP contribution in [-0.4, -0.2) is 57.5 Å². The first-order chi connectivity index (χ1) is 23.5. The van der Waals surface area contributed by atoms with Crippen LogP contribution in [0.2, 0.25) is 4.34 Å². The molecule has 8 heteroatoms. The van der Waals surface area contributed by atoms with Crippen LogP contribution in [0.5, 0.6) is 0 Å². The molecule has 1 saturated heterocycles. The predicted octanol–water partition coefficient (Wildman–Crippen LogP) is 10.2. The molecule has 2 aliphatic heterocycles. The van der Waals surface area contributed by atoms with Gasteiger partial charge in [0, 0.05) is 43.1 Å². The average molecular weight is 701 g/mol. The summed E-state index contributed by atoms with van der Waals surface area (Å²) in [6, 6.07) is 13.4. The quantitative estimate of drug-likeness (QED) is 0.109. The lowest BCUT2D eigenvalue weighted by atomic mass is 9.86. The lowest BCUT2D eigenvalue weighted by molar-refractivity contribution is -0.384. The van der Waals surface area contributed by atoms with Gasteiger partial charge >= 0.3 is 0 Å². The van der Waals surface area contributed by atoms with Crippen molar-refractivity contribution in [3.8, 4) is 0 Å². The van der Waals surface area contributed by atoms with Crippen LogP contribution in [-0.2, 0) is 53.7 Å². The van der Waals surface area contributed by atoms with Gasteiger partial charge in [0.2, 0.25) is 5.79 Å². The lowest BCUT2D eigenvalue weighted by Crippen LogP contribution is -2.66. The number of hydrogen-bond donors (Lipinski definition) is 0. The summed E-state index contributed by atoms with van der Waals surface area (Å²) in [4.78, 5) is 0. The second kappa shape index (κ2) is 18.6. The highest BCUT2D eigenvalue weighted by Gasteiger charge is 2.61. The van der Waals surface area contributed by atoms with Crippen molar-refractivity contribution in [2.75, 3.05) is 33.0 Å². The summed E-state index contributed by atoms with van der Waals surface area (Å²) in [7, 11) is 0. The molecular weight excluding hydrogens is 644 g/mol. The molecule has 1 spiro atoms. The Morgan fingerprint density at radius 2 is 1.42 bits per heavy atom. The fourth-order valence-electron chi connectivity index (χ4n) is 6.71. The molecule has 3 heterocycles. The van der Waals surface area contributed by atoms with Gasteiger partial charge in [0.25, 0.3) is 0 Å². The summed E-state index contributed by atoms with van der Waals surface area (Å²) in [5, 5.41) is 1.14. The van der Waals surface area contributed by atoms with E-state index in [2.05, 4.69) is 71.0 Å². The Labute approximate surface area is 297 Å². The van der Waals surface area contributed by atoms with E-state index in [1.807, 2.05) is 0 Å². The third kappa shape index (κ3) is 8.66. The van der Waals surface area contributed by atoms with E-state index < -0.39 is 11.9 Å². The topological polar surface area (TPSA) is 55.4 Å². The molecule has 266 valence electrons. The molecule has 0 saturated carbocycles. The minimum atomic E-state index is -1.16. The number of benzene rings is 2. The van der Waals surface area contributed by atoms with Crippen molar-refractivity contribution in [3.05, 3.63) is 68.6 Å². The van der Waals surface area contributed by atoms with E-state index in [4.69, 9.17) is 40.0 Å². The first-order valence-electron chi connectivity index (χ1n) is 18.6. The molecule has 1 fully saturated rings. The van der Waals surface area contributed by atoms with Crippen molar-refractivity contribution in [2.24, 2.45) is 0 Å². The Morgan fingerprint density at radius 3 is 2.08 bits per heavy atom. The summed E-state index contributed by atoms with van der Waals surface area (Å²) < 4.78 is 42.6. The highest BCUT2D eigenvalue weighted by molar-refractivity contribution is 7.23. The van der Waals surface area contributed by atoms with Crippen molar-refractivity contribution in [1.82, 2.24) is 0 Å². The van der Waals surface area contributed by atoms with Gasteiger partial charge < -0.3 is 28.4 Å². The maximum Gasteiger partial charge on any atom is 0.225 e. The Kier molecular flexibility index (Phi) is 14.6. The zero-order valence-corrected chi connectivity index (χ0v) is 31.4.